The van der Waals surface area contributed by atoms with Gasteiger partial charge in [0.25, 0.3) is 11.8 Å². The first-order chi connectivity index (χ1) is 54.2. The summed E-state index contributed by atoms with van der Waals surface area (Å²) in [5.74, 6) is -0.486. The monoisotopic (exact) mass is 1640 g/mol. The minimum atomic E-state index is -4.07. The maximum absolute atomic E-state index is 14.1. The van der Waals surface area contributed by atoms with Crippen LogP contribution in [0.5, 0.6) is 11.5 Å². The number of nitrogens with one attached hydrogen (secondary N) is 3. The van der Waals surface area contributed by atoms with E-state index >= 15 is 0 Å². The second-order valence-corrected chi connectivity index (χ2v) is 39.0. The quantitative estimate of drug-likeness (QED) is 0.0744. The number of allylic oxidation sites excluding steroid dienone is 2. The lowest BCUT2D eigenvalue weighted by atomic mass is 9.63. The maximum Gasteiger partial charge on any atom is 0.264 e. The number of piperazine rings is 2. The summed E-state index contributed by atoms with van der Waals surface area (Å²) < 4.78 is 104. The molecular formula is C88H128Cl2N8O13S2. The summed E-state index contributed by atoms with van der Waals surface area (Å²) in [5.41, 5.74) is 6.15. The van der Waals surface area contributed by atoms with Gasteiger partial charge in [-0.15, -0.1) is 0 Å². The molecule has 12 atom stereocenters. The minimum absolute atomic E-state index is 0.0856. The Balaban J connectivity index is 0.000000190. The summed E-state index contributed by atoms with van der Waals surface area (Å²) in [6.07, 6.45) is 20.0. The van der Waals surface area contributed by atoms with Gasteiger partial charge in [-0.2, -0.15) is 0 Å². The summed E-state index contributed by atoms with van der Waals surface area (Å²) in [6.45, 7) is 32.0. The molecule has 2 amide bonds. The van der Waals surface area contributed by atoms with Crippen molar-refractivity contribution in [3.63, 3.8) is 0 Å². The Hall–Kier alpha value is -5.38. The lowest BCUT2D eigenvalue weighted by molar-refractivity contribution is -0.244. The maximum atomic E-state index is 14.1. The van der Waals surface area contributed by atoms with E-state index in [9.17, 15) is 26.4 Å². The largest absolute Gasteiger partial charge is 0.490 e. The molecule has 14 rings (SSSR count). The molecule has 2 spiro atoms. The molecule has 4 aromatic carbocycles. The zero-order valence-corrected chi connectivity index (χ0v) is 72.1. The number of benzene rings is 4. The molecule has 3 N–H and O–H groups in total. The van der Waals surface area contributed by atoms with Crippen molar-refractivity contribution in [2.24, 2.45) is 35.5 Å². The van der Waals surface area contributed by atoms with E-state index in [0.29, 0.717) is 87.9 Å². The Bertz CT molecular complexity index is 4200. The molecule has 4 fully saturated rings. The molecule has 6 aliphatic heterocycles. The highest BCUT2D eigenvalue weighted by Gasteiger charge is 2.53. The first-order valence-corrected chi connectivity index (χ1v) is 45.9. The molecular weight excluding hydrogens is 1510 g/mol. The molecule has 2 saturated carbocycles. The van der Waals surface area contributed by atoms with Crippen molar-refractivity contribution in [3.8, 4) is 11.5 Å². The Kier molecular flexibility index (Phi) is 29.3. The fourth-order valence-corrected chi connectivity index (χ4v) is 23.8. The molecule has 624 valence electrons. The van der Waals surface area contributed by atoms with E-state index in [4.69, 9.17) is 56.4 Å². The van der Waals surface area contributed by atoms with Crippen molar-refractivity contribution in [1.29, 1.82) is 0 Å². The molecule has 6 heterocycles. The predicted octanol–water partition coefficient (Wildman–Crippen LogP) is 13.3. The SMILES string of the molecule is CC(C)N1CCNCC1.CCO[C@]1(CN2CCN(C(C)C)CC2)/C=C/C[C@H](C)[C@@H](CCOC)S(=O)(=O)NC(=O)c2ccc3c(c2)N(C[C@@H]2CC[C@H]21)C[C@@]1(CCCc2cc(Cl)ccc21)CO3.CCO[C@]1(OC)/C=C/C[C@H](C)[C@@H](CCOC)S(=O)(=O)NC(=O)c2ccc3c(c2)N(C[C@@H]2CC[C@H]21)C[C@@]1(CCCc2cc(Cl)ccc21)CO3. The number of methoxy groups -OCH3 is 3. The smallest absolute Gasteiger partial charge is 0.264 e. The Labute approximate surface area is 684 Å². The number of hydrogen-bond acceptors (Lipinski definition) is 19. The number of sulfonamides is 2. The second kappa shape index (κ2) is 38.1. The second-order valence-electron chi connectivity index (χ2n) is 34.3. The van der Waals surface area contributed by atoms with Gasteiger partial charge in [0.1, 0.15) is 17.1 Å². The third kappa shape index (κ3) is 19.8. The van der Waals surface area contributed by atoms with E-state index < -0.39 is 53.7 Å². The Morgan fingerprint density at radius 2 is 1.04 bits per heavy atom. The minimum Gasteiger partial charge on any atom is -0.490 e. The third-order valence-corrected chi connectivity index (χ3v) is 31.0. The van der Waals surface area contributed by atoms with Crippen LogP contribution in [0.25, 0.3) is 0 Å². The van der Waals surface area contributed by atoms with E-state index in [0.717, 1.165) is 144 Å². The molecule has 4 aliphatic carbocycles. The average Bonchev–Trinajstić information content (AvgIpc) is 1.64. The van der Waals surface area contributed by atoms with Crippen LogP contribution in [0.1, 0.15) is 175 Å². The van der Waals surface area contributed by atoms with E-state index in [1.165, 1.54) is 35.3 Å². The number of rotatable bonds is 15. The van der Waals surface area contributed by atoms with Crippen LogP contribution in [-0.2, 0) is 67.4 Å². The summed E-state index contributed by atoms with van der Waals surface area (Å²) in [6, 6.07) is 24.4. The molecule has 0 radical (unpaired) electrons. The number of ether oxygens (including phenoxy) is 7. The predicted molar refractivity (Wildman–Crippen MR) is 450 cm³/mol. The number of amides is 2. The van der Waals surface area contributed by atoms with Gasteiger partial charge in [-0.1, -0.05) is 67.4 Å². The van der Waals surface area contributed by atoms with Gasteiger partial charge in [0.15, 0.2) is 5.79 Å². The molecule has 0 aromatic heterocycles. The number of aryl methyl sites for hydroxylation is 2. The first-order valence-electron chi connectivity index (χ1n) is 42.0. The normalized spacial score (nSPS) is 31.2. The van der Waals surface area contributed by atoms with Crippen LogP contribution in [0, 0.1) is 35.5 Å². The Morgan fingerprint density at radius 3 is 1.48 bits per heavy atom. The van der Waals surface area contributed by atoms with Crippen molar-refractivity contribution in [2.45, 2.75) is 190 Å². The topological polar surface area (TPSA) is 219 Å². The van der Waals surface area contributed by atoms with Gasteiger partial charge in [0.2, 0.25) is 20.0 Å². The van der Waals surface area contributed by atoms with Crippen LogP contribution in [0.2, 0.25) is 10.0 Å². The molecule has 113 heavy (non-hydrogen) atoms. The van der Waals surface area contributed by atoms with Crippen molar-refractivity contribution in [3.05, 3.63) is 141 Å². The fraction of sp³-hybridized carbons (Fsp3) is 0.659. The van der Waals surface area contributed by atoms with Crippen LogP contribution in [0.4, 0.5) is 11.4 Å². The molecule has 10 aliphatic rings. The molecule has 4 bridgehead atoms. The molecule has 4 aromatic rings. The lowest BCUT2D eigenvalue weighted by Crippen LogP contribution is -2.59. The molecule has 2 saturated heterocycles. The number of nitrogens with zero attached hydrogens (tertiary/aromatic N) is 5. The average molecular weight is 1640 g/mol. The summed E-state index contributed by atoms with van der Waals surface area (Å²) >= 11 is 13.0. The number of carbonyl (C=O) groups excluding carboxylic acids is 2. The van der Waals surface area contributed by atoms with Gasteiger partial charge in [-0.05, 0) is 250 Å². The molecule has 21 nitrogen and oxygen atoms in total. The van der Waals surface area contributed by atoms with Crippen molar-refractivity contribution < 1.29 is 59.6 Å². The summed E-state index contributed by atoms with van der Waals surface area (Å²) in [7, 11) is -3.31. The summed E-state index contributed by atoms with van der Waals surface area (Å²) in [5, 5.41) is 3.13. The van der Waals surface area contributed by atoms with Gasteiger partial charge in [-0.3, -0.25) is 24.3 Å². The van der Waals surface area contributed by atoms with Crippen LogP contribution < -0.4 is 34.0 Å². The van der Waals surface area contributed by atoms with Gasteiger partial charge in [0, 0.05) is 183 Å². The number of carbonyl (C=O) groups is 2. The Morgan fingerprint density at radius 1 is 0.575 bits per heavy atom. The lowest BCUT2D eigenvalue weighted by Gasteiger charge is -2.52. The zero-order chi connectivity index (χ0) is 80.5. The van der Waals surface area contributed by atoms with Crippen LogP contribution >= 0.6 is 23.2 Å². The van der Waals surface area contributed by atoms with Crippen LogP contribution in [-0.4, -0.2) is 223 Å². The van der Waals surface area contributed by atoms with Gasteiger partial charge < -0.3 is 48.3 Å². The van der Waals surface area contributed by atoms with E-state index in [-0.39, 0.29) is 72.0 Å². The highest BCUT2D eigenvalue weighted by atomic mass is 35.5. The third-order valence-electron chi connectivity index (χ3n) is 26.6. The van der Waals surface area contributed by atoms with E-state index in [1.807, 2.05) is 63.3 Å². The van der Waals surface area contributed by atoms with Crippen LogP contribution in [0.15, 0.2) is 97.1 Å². The number of fused-ring (bicyclic) bond motifs is 8. The van der Waals surface area contributed by atoms with Crippen LogP contribution in [0.3, 0.4) is 0 Å². The van der Waals surface area contributed by atoms with E-state index in [1.54, 1.807) is 39.5 Å². The molecule has 25 heteroatoms. The summed E-state index contributed by atoms with van der Waals surface area (Å²) in [4.78, 5) is 40.0. The van der Waals surface area contributed by atoms with Crippen molar-refractivity contribution >= 4 is 66.4 Å². The zero-order valence-electron chi connectivity index (χ0n) is 69.0. The van der Waals surface area contributed by atoms with Gasteiger partial charge in [0.05, 0.1) is 35.1 Å². The highest BCUT2D eigenvalue weighted by molar-refractivity contribution is 7.91. The van der Waals surface area contributed by atoms with Crippen molar-refractivity contribution in [1.82, 2.24) is 29.5 Å². The highest BCUT2D eigenvalue weighted by Crippen LogP contribution is 2.53. The molecule has 0 unspecified atom stereocenters. The van der Waals surface area contributed by atoms with Crippen molar-refractivity contribution in [2.75, 3.05) is 156 Å². The first kappa shape index (κ1) is 86.9. The number of anilines is 2. The standard InChI is InChI=1S/C44H63ClN4O6S.C37H49ClN2O7S.C7H16N2/c1-6-55-44(29-47-20-22-48(23-21-47)31(2)3)19-7-9-32(4)41(17-24-53-5)56(51,52)46-42(50)34-12-16-40-39(26-34)49(27-35-11-14-38(35)44)28-43(30-54-40)18-8-10-33-25-36(45)13-15-37(33)43;1-5-47-37(45-4)18-6-8-25(2)34(16-19-44-3)48(42,43)39-35(41)27-11-15-33-32(21-27)40(22-28-10-13-31(28)37)23-36(24-46-33)17-7-9-26-20-29(38)12-14-30(26)36;1-7(2)9-5-3-8-4-6-9/h7,12-13,15-16,19,25-26,31-32,35,38,41H,6,8-11,14,17-18,20-24,27-30H2,1-5H3,(H,46,50);6,11-12,14-15,18,20-21,25,28,31,34H,5,7-10,13,16-17,19,22-24H2,1-4H3,(H,39,41);7-8H,3-6H2,1-2H3/b19-7+;18-6+;/t32-,35-,38+,41+,43-,44-;25-,28-,31+,34+,36-,37+;/m00./s1. The van der Waals surface area contributed by atoms with E-state index in [2.05, 4.69) is 110 Å². The number of halogens is 2. The fourth-order valence-electron chi connectivity index (χ4n) is 20.1. The van der Waals surface area contributed by atoms with Gasteiger partial charge in [-0.25, -0.2) is 26.3 Å². The van der Waals surface area contributed by atoms with Gasteiger partial charge >= 0.3 is 0 Å². The number of hydrogen-bond donors (Lipinski definition) is 3.